The fraction of sp³-hybridized carbons (Fsp3) is 0. The summed E-state index contributed by atoms with van der Waals surface area (Å²) in [5.74, 6) is 0.211. The van der Waals surface area contributed by atoms with Crippen LogP contribution in [0.2, 0.25) is 0 Å². The summed E-state index contributed by atoms with van der Waals surface area (Å²) in [4.78, 5) is 12.4. The van der Waals surface area contributed by atoms with Crippen LogP contribution in [0.1, 0.15) is 15.9 Å². The van der Waals surface area contributed by atoms with Crippen molar-refractivity contribution in [3.63, 3.8) is 0 Å². The van der Waals surface area contributed by atoms with E-state index in [0.717, 1.165) is 10.2 Å². The van der Waals surface area contributed by atoms with Gasteiger partial charge < -0.3 is 5.73 Å². The molecule has 2 N–H and O–H groups in total. The van der Waals surface area contributed by atoms with E-state index in [1.54, 1.807) is 16.8 Å². The maximum absolute atomic E-state index is 12.4. The van der Waals surface area contributed by atoms with E-state index in [2.05, 4.69) is 21.0 Å². The molecule has 4 nitrogen and oxygen atoms in total. The predicted molar refractivity (Wildman–Crippen MR) is 85.6 cm³/mol. The predicted octanol–water partition coefficient (Wildman–Crippen LogP) is 3.45. The number of halogens is 1. The van der Waals surface area contributed by atoms with Crippen LogP contribution in [0, 0.1) is 0 Å². The van der Waals surface area contributed by atoms with Crippen molar-refractivity contribution in [1.29, 1.82) is 0 Å². The smallest absolute Gasteiger partial charge is 0.198 e. The van der Waals surface area contributed by atoms with Gasteiger partial charge in [0.15, 0.2) is 5.78 Å². The number of hydrogen-bond donors (Lipinski definition) is 1. The first-order valence-corrected chi connectivity index (χ1v) is 7.15. The maximum atomic E-state index is 12.4. The molecule has 0 aliphatic carbocycles. The molecular weight excluding hydrogens is 330 g/mol. The number of hydrogen-bond acceptors (Lipinski definition) is 3. The minimum Gasteiger partial charge on any atom is -0.383 e. The Morgan fingerprint density at radius 2 is 1.71 bits per heavy atom. The van der Waals surface area contributed by atoms with Gasteiger partial charge in [-0.05, 0) is 24.3 Å². The van der Waals surface area contributed by atoms with Crippen molar-refractivity contribution in [3.05, 3.63) is 76.4 Å². The van der Waals surface area contributed by atoms with Crippen molar-refractivity contribution in [2.75, 3.05) is 5.73 Å². The fourth-order valence-corrected chi connectivity index (χ4v) is 2.33. The second-order valence-corrected chi connectivity index (χ2v) is 5.44. The molecule has 0 spiro atoms. The molecule has 2 aromatic carbocycles. The van der Waals surface area contributed by atoms with Gasteiger partial charge in [0.1, 0.15) is 5.82 Å². The Bertz CT molecular complexity index is 779. The molecule has 0 radical (unpaired) electrons. The maximum Gasteiger partial charge on any atom is 0.198 e. The number of nitrogens with zero attached hydrogens (tertiary/aromatic N) is 2. The summed E-state index contributed by atoms with van der Waals surface area (Å²) in [5, 5.41) is 4.22. The molecule has 0 aliphatic heterocycles. The van der Waals surface area contributed by atoms with Gasteiger partial charge in [-0.25, -0.2) is 4.68 Å². The molecule has 1 heterocycles. The number of anilines is 1. The molecule has 0 fully saturated rings. The van der Waals surface area contributed by atoms with Gasteiger partial charge in [-0.2, -0.15) is 5.10 Å². The number of nitrogens with two attached hydrogens (primary N) is 1. The molecule has 1 aromatic heterocycles. The molecule has 5 heteroatoms. The zero-order valence-corrected chi connectivity index (χ0v) is 12.6. The Labute approximate surface area is 130 Å². The summed E-state index contributed by atoms with van der Waals surface area (Å²) in [5.41, 5.74) is 7.89. The second kappa shape index (κ2) is 5.54. The van der Waals surface area contributed by atoms with Crippen LogP contribution in [0.5, 0.6) is 0 Å². The van der Waals surface area contributed by atoms with E-state index in [4.69, 9.17) is 5.73 Å². The number of rotatable bonds is 3. The fourth-order valence-electron chi connectivity index (χ4n) is 2.07. The Balaban J connectivity index is 2.00. The minimum atomic E-state index is -0.128. The Morgan fingerprint density at radius 3 is 2.38 bits per heavy atom. The normalized spacial score (nSPS) is 10.5. The van der Waals surface area contributed by atoms with Gasteiger partial charge >= 0.3 is 0 Å². The van der Waals surface area contributed by atoms with Crippen LogP contribution in [0.4, 0.5) is 5.82 Å². The van der Waals surface area contributed by atoms with Crippen LogP contribution in [0.3, 0.4) is 0 Å². The number of ketones is 1. The van der Waals surface area contributed by atoms with Gasteiger partial charge in [-0.1, -0.05) is 46.3 Å². The number of carbonyl (C=O) groups is 1. The highest BCUT2D eigenvalue weighted by Crippen LogP contribution is 2.21. The van der Waals surface area contributed by atoms with Gasteiger partial charge in [-0.3, -0.25) is 4.79 Å². The van der Waals surface area contributed by atoms with E-state index in [-0.39, 0.29) is 5.78 Å². The third-order valence-corrected chi connectivity index (χ3v) is 3.69. The lowest BCUT2D eigenvalue weighted by Crippen LogP contribution is -2.07. The molecule has 0 aliphatic rings. The quantitative estimate of drug-likeness (QED) is 0.742. The van der Waals surface area contributed by atoms with Crippen LogP contribution in [0.25, 0.3) is 5.69 Å². The molecule has 0 unspecified atom stereocenters. The Hall–Kier alpha value is -2.40. The van der Waals surface area contributed by atoms with Gasteiger partial charge in [0.2, 0.25) is 0 Å². The molecule has 3 aromatic rings. The topological polar surface area (TPSA) is 60.9 Å². The molecule has 0 amide bonds. The average Bonchev–Trinajstić information content (AvgIpc) is 2.90. The van der Waals surface area contributed by atoms with E-state index in [0.29, 0.717) is 16.9 Å². The third-order valence-electron chi connectivity index (χ3n) is 3.16. The summed E-state index contributed by atoms with van der Waals surface area (Å²) in [7, 11) is 0. The van der Waals surface area contributed by atoms with Crippen LogP contribution in [-0.2, 0) is 0 Å². The first kappa shape index (κ1) is 13.6. The monoisotopic (exact) mass is 341 g/mol. The van der Waals surface area contributed by atoms with E-state index >= 15 is 0 Å². The van der Waals surface area contributed by atoms with Crippen LogP contribution < -0.4 is 5.73 Å². The largest absolute Gasteiger partial charge is 0.383 e. The third kappa shape index (κ3) is 2.60. The first-order chi connectivity index (χ1) is 10.2. The summed E-state index contributed by atoms with van der Waals surface area (Å²) >= 11 is 3.38. The SMILES string of the molecule is Nc1c(C(=O)c2ccccc2)cnn1-c1ccc(Br)cc1. The lowest BCUT2D eigenvalue weighted by Gasteiger charge is -2.05. The van der Waals surface area contributed by atoms with Gasteiger partial charge in [0, 0.05) is 10.0 Å². The minimum absolute atomic E-state index is 0.128. The molecule has 0 saturated carbocycles. The number of carbonyl (C=O) groups excluding carboxylic acids is 1. The molecular formula is C16H12BrN3O. The highest BCUT2D eigenvalue weighted by Gasteiger charge is 2.17. The van der Waals surface area contributed by atoms with Crippen LogP contribution in [-0.4, -0.2) is 15.6 Å². The molecule has 0 saturated heterocycles. The van der Waals surface area contributed by atoms with Gasteiger partial charge in [-0.15, -0.1) is 0 Å². The summed E-state index contributed by atoms with van der Waals surface area (Å²) < 4.78 is 2.53. The molecule has 0 bridgehead atoms. The van der Waals surface area contributed by atoms with Crippen LogP contribution in [0.15, 0.2) is 65.3 Å². The summed E-state index contributed by atoms with van der Waals surface area (Å²) in [6.07, 6.45) is 1.51. The first-order valence-electron chi connectivity index (χ1n) is 6.36. The lowest BCUT2D eigenvalue weighted by molar-refractivity contribution is 0.103. The Kier molecular flexibility index (Phi) is 3.58. The average molecular weight is 342 g/mol. The van der Waals surface area contributed by atoms with Crippen molar-refractivity contribution in [2.24, 2.45) is 0 Å². The van der Waals surface area contributed by atoms with Crippen molar-refractivity contribution in [3.8, 4) is 5.69 Å². The zero-order valence-electron chi connectivity index (χ0n) is 11.0. The second-order valence-electron chi connectivity index (χ2n) is 4.53. The molecule has 3 rings (SSSR count). The van der Waals surface area contributed by atoms with E-state index < -0.39 is 0 Å². The molecule has 0 atom stereocenters. The zero-order chi connectivity index (χ0) is 14.8. The van der Waals surface area contributed by atoms with E-state index in [1.165, 1.54) is 6.20 Å². The van der Waals surface area contributed by atoms with Gasteiger partial charge in [0.25, 0.3) is 0 Å². The van der Waals surface area contributed by atoms with Crippen molar-refractivity contribution in [1.82, 2.24) is 9.78 Å². The van der Waals surface area contributed by atoms with E-state index in [9.17, 15) is 4.79 Å². The van der Waals surface area contributed by atoms with Crippen molar-refractivity contribution in [2.45, 2.75) is 0 Å². The molecule has 104 valence electrons. The summed E-state index contributed by atoms with van der Waals surface area (Å²) in [6.45, 7) is 0. The Morgan fingerprint density at radius 1 is 1.05 bits per heavy atom. The van der Waals surface area contributed by atoms with Crippen molar-refractivity contribution >= 4 is 27.5 Å². The number of aromatic nitrogens is 2. The highest BCUT2D eigenvalue weighted by atomic mass is 79.9. The van der Waals surface area contributed by atoms with Gasteiger partial charge in [0.05, 0.1) is 17.4 Å². The standard InChI is InChI=1S/C16H12BrN3O/c17-12-6-8-13(9-7-12)20-16(18)14(10-19-20)15(21)11-4-2-1-3-5-11/h1-10H,18H2. The highest BCUT2D eigenvalue weighted by molar-refractivity contribution is 9.10. The van der Waals surface area contributed by atoms with Crippen LogP contribution >= 0.6 is 15.9 Å². The summed E-state index contributed by atoms with van der Waals surface area (Å²) in [6, 6.07) is 16.6. The number of benzene rings is 2. The number of nitrogen functional groups attached to an aromatic ring is 1. The molecule has 21 heavy (non-hydrogen) atoms. The lowest BCUT2D eigenvalue weighted by atomic mass is 10.1. The van der Waals surface area contributed by atoms with E-state index in [1.807, 2.05) is 42.5 Å². The van der Waals surface area contributed by atoms with Crippen molar-refractivity contribution < 1.29 is 4.79 Å².